The van der Waals surface area contributed by atoms with Crippen LogP contribution in [-0.4, -0.2) is 17.4 Å². The maximum Gasteiger partial charge on any atom is 0.270 e. The van der Waals surface area contributed by atoms with E-state index in [1.807, 2.05) is 22.9 Å². The van der Waals surface area contributed by atoms with E-state index < -0.39 is 0 Å². The number of amides is 1. The van der Waals surface area contributed by atoms with E-state index in [2.05, 4.69) is 24.1 Å². The topological polar surface area (TPSA) is 42.0 Å². The second kappa shape index (κ2) is 5.42. The molecule has 3 nitrogen and oxygen atoms in total. The van der Waals surface area contributed by atoms with Crippen LogP contribution >= 0.6 is 22.7 Å². The molecule has 2 rings (SSSR count). The summed E-state index contributed by atoms with van der Waals surface area (Å²) in [5, 5.41) is 7.60. The van der Waals surface area contributed by atoms with E-state index in [0.29, 0.717) is 18.2 Å². The third-order valence-electron chi connectivity index (χ3n) is 2.14. The Hall–Kier alpha value is -1.20. The molecule has 0 radical (unpaired) electrons. The fraction of sp³-hybridized carbons (Fsp3) is 0.333. The van der Waals surface area contributed by atoms with Crippen LogP contribution in [0.4, 0.5) is 0 Å². The highest BCUT2D eigenvalue weighted by molar-refractivity contribution is 7.20. The number of hydrogen-bond donors (Lipinski definition) is 1. The minimum absolute atomic E-state index is 0.0854. The maximum atomic E-state index is 11.8. The van der Waals surface area contributed by atoms with Gasteiger partial charge in [-0.2, -0.15) is 0 Å². The van der Waals surface area contributed by atoms with E-state index in [0.717, 1.165) is 9.88 Å². The van der Waals surface area contributed by atoms with Crippen molar-refractivity contribution >= 4 is 28.6 Å². The number of aromatic nitrogens is 1. The molecule has 0 aliphatic carbocycles. The number of nitrogens with one attached hydrogen (secondary N) is 1. The van der Waals surface area contributed by atoms with Gasteiger partial charge in [-0.3, -0.25) is 4.79 Å². The average molecular weight is 266 g/mol. The molecule has 2 aromatic rings. The summed E-state index contributed by atoms with van der Waals surface area (Å²) < 4.78 is 0. The normalized spacial score (nSPS) is 10.8. The fourth-order valence-corrected chi connectivity index (χ4v) is 2.89. The van der Waals surface area contributed by atoms with Gasteiger partial charge in [-0.25, -0.2) is 4.98 Å². The number of thiazole rings is 1. The van der Waals surface area contributed by atoms with Gasteiger partial charge in [-0.15, -0.1) is 22.7 Å². The zero-order chi connectivity index (χ0) is 12.3. The highest BCUT2D eigenvalue weighted by Crippen LogP contribution is 2.27. The Bertz CT molecular complexity index is 488. The van der Waals surface area contributed by atoms with Gasteiger partial charge in [0, 0.05) is 11.9 Å². The first-order valence-corrected chi connectivity index (χ1v) is 7.20. The molecule has 0 spiro atoms. The van der Waals surface area contributed by atoms with E-state index in [-0.39, 0.29) is 5.91 Å². The summed E-state index contributed by atoms with van der Waals surface area (Å²) in [5.74, 6) is 0.368. The largest absolute Gasteiger partial charge is 0.350 e. The highest BCUT2D eigenvalue weighted by atomic mass is 32.1. The molecule has 1 amide bonds. The quantitative estimate of drug-likeness (QED) is 0.923. The molecule has 0 unspecified atom stereocenters. The molecule has 5 heteroatoms. The van der Waals surface area contributed by atoms with Gasteiger partial charge < -0.3 is 5.32 Å². The Morgan fingerprint density at radius 3 is 2.94 bits per heavy atom. The van der Waals surface area contributed by atoms with Crippen molar-refractivity contribution in [3.63, 3.8) is 0 Å². The van der Waals surface area contributed by atoms with Crippen LogP contribution in [0.15, 0.2) is 22.9 Å². The number of carbonyl (C=O) groups excluding carboxylic acids is 1. The molecule has 0 fully saturated rings. The molecule has 2 heterocycles. The second-order valence-corrected chi connectivity index (χ2v) is 5.92. The van der Waals surface area contributed by atoms with E-state index in [1.54, 1.807) is 11.3 Å². The first-order valence-electron chi connectivity index (χ1n) is 5.44. The third-order valence-corrected chi connectivity index (χ3v) is 4.02. The smallest absolute Gasteiger partial charge is 0.270 e. The Kier molecular flexibility index (Phi) is 3.91. The Morgan fingerprint density at radius 1 is 1.47 bits per heavy atom. The van der Waals surface area contributed by atoms with Crippen LogP contribution < -0.4 is 5.32 Å². The lowest BCUT2D eigenvalue weighted by Gasteiger charge is -2.05. The van der Waals surface area contributed by atoms with Crippen LogP contribution in [0.5, 0.6) is 0 Å². The SMILES string of the molecule is CC(C)CNC(=O)c1csc(-c2cccs2)n1. The van der Waals surface area contributed by atoms with Gasteiger partial charge in [-0.05, 0) is 17.4 Å². The van der Waals surface area contributed by atoms with Crippen molar-refractivity contribution in [1.29, 1.82) is 0 Å². The van der Waals surface area contributed by atoms with E-state index in [1.165, 1.54) is 11.3 Å². The lowest BCUT2D eigenvalue weighted by atomic mass is 10.2. The van der Waals surface area contributed by atoms with Crippen molar-refractivity contribution in [2.45, 2.75) is 13.8 Å². The molecular formula is C12H14N2OS2. The van der Waals surface area contributed by atoms with Crippen molar-refractivity contribution in [2.75, 3.05) is 6.54 Å². The molecule has 0 aliphatic rings. The number of carbonyl (C=O) groups is 1. The van der Waals surface area contributed by atoms with Crippen molar-refractivity contribution in [2.24, 2.45) is 5.92 Å². The van der Waals surface area contributed by atoms with Crippen molar-refractivity contribution < 1.29 is 4.79 Å². The van der Waals surface area contributed by atoms with Crippen molar-refractivity contribution in [3.8, 4) is 9.88 Å². The lowest BCUT2D eigenvalue weighted by Crippen LogP contribution is -2.27. The average Bonchev–Trinajstić information content (AvgIpc) is 2.94. The summed E-state index contributed by atoms with van der Waals surface area (Å²) in [4.78, 5) is 17.2. The Morgan fingerprint density at radius 2 is 2.29 bits per heavy atom. The molecule has 0 saturated carbocycles. The molecule has 2 aromatic heterocycles. The summed E-state index contributed by atoms with van der Waals surface area (Å²) >= 11 is 3.14. The third kappa shape index (κ3) is 3.14. The molecule has 90 valence electrons. The van der Waals surface area contributed by atoms with Crippen LogP contribution in [-0.2, 0) is 0 Å². The minimum Gasteiger partial charge on any atom is -0.350 e. The molecule has 17 heavy (non-hydrogen) atoms. The summed E-state index contributed by atoms with van der Waals surface area (Å²) in [6.45, 7) is 4.82. The summed E-state index contributed by atoms with van der Waals surface area (Å²) in [5.41, 5.74) is 0.513. The van der Waals surface area contributed by atoms with Gasteiger partial charge in [0.1, 0.15) is 10.7 Å². The van der Waals surface area contributed by atoms with Gasteiger partial charge in [0.15, 0.2) is 0 Å². The van der Waals surface area contributed by atoms with E-state index >= 15 is 0 Å². The Balaban J connectivity index is 2.05. The van der Waals surface area contributed by atoms with Crippen molar-refractivity contribution in [3.05, 3.63) is 28.6 Å². The molecule has 0 saturated heterocycles. The molecule has 1 N–H and O–H groups in total. The lowest BCUT2D eigenvalue weighted by molar-refractivity contribution is 0.0945. The number of nitrogens with zero attached hydrogens (tertiary/aromatic N) is 1. The van der Waals surface area contributed by atoms with Gasteiger partial charge in [0.05, 0.1) is 4.88 Å². The summed E-state index contributed by atoms with van der Waals surface area (Å²) in [7, 11) is 0. The molecule has 0 bridgehead atoms. The van der Waals surface area contributed by atoms with Gasteiger partial charge >= 0.3 is 0 Å². The predicted molar refractivity (Wildman–Crippen MR) is 72.6 cm³/mol. The monoisotopic (exact) mass is 266 g/mol. The van der Waals surface area contributed by atoms with Crippen LogP contribution in [0.2, 0.25) is 0 Å². The van der Waals surface area contributed by atoms with Gasteiger partial charge in [0.2, 0.25) is 0 Å². The second-order valence-electron chi connectivity index (χ2n) is 4.12. The first kappa shape index (κ1) is 12.3. The molecule has 0 aliphatic heterocycles. The highest BCUT2D eigenvalue weighted by Gasteiger charge is 2.12. The van der Waals surface area contributed by atoms with Crippen LogP contribution in [0.25, 0.3) is 9.88 Å². The van der Waals surface area contributed by atoms with Gasteiger partial charge in [-0.1, -0.05) is 19.9 Å². The number of hydrogen-bond acceptors (Lipinski definition) is 4. The first-order chi connectivity index (χ1) is 8.16. The Labute approximate surface area is 109 Å². The number of rotatable bonds is 4. The zero-order valence-corrected chi connectivity index (χ0v) is 11.4. The van der Waals surface area contributed by atoms with Gasteiger partial charge in [0.25, 0.3) is 5.91 Å². The zero-order valence-electron chi connectivity index (χ0n) is 9.77. The molecular weight excluding hydrogens is 252 g/mol. The van der Waals surface area contributed by atoms with Crippen LogP contribution in [0.3, 0.4) is 0 Å². The summed E-state index contributed by atoms with van der Waals surface area (Å²) in [6, 6.07) is 4.00. The molecule has 0 aromatic carbocycles. The standard InChI is InChI=1S/C12H14N2OS2/c1-8(2)6-13-11(15)9-7-17-12(14-9)10-4-3-5-16-10/h3-5,7-8H,6H2,1-2H3,(H,13,15). The summed E-state index contributed by atoms with van der Waals surface area (Å²) in [6.07, 6.45) is 0. The minimum atomic E-state index is -0.0854. The van der Waals surface area contributed by atoms with E-state index in [4.69, 9.17) is 0 Å². The maximum absolute atomic E-state index is 11.8. The number of thiophene rings is 1. The van der Waals surface area contributed by atoms with Crippen molar-refractivity contribution in [1.82, 2.24) is 10.3 Å². The fourth-order valence-electron chi connectivity index (χ4n) is 1.28. The molecule has 0 atom stereocenters. The van der Waals surface area contributed by atoms with Crippen LogP contribution in [0.1, 0.15) is 24.3 Å². The van der Waals surface area contributed by atoms with Crippen LogP contribution in [0, 0.1) is 5.92 Å². The van der Waals surface area contributed by atoms with E-state index in [9.17, 15) is 4.79 Å². The predicted octanol–water partition coefficient (Wildman–Crippen LogP) is 3.26.